The molecule has 0 saturated carbocycles. The number of hydrogen-bond acceptors (Lipinski definition) is 15. The fourth-order valence-electron chi connectivity index (χ4n) is 6.29. The standard InChI is InChI=1S/C33H42N9O11P/c1-7-20-25(27(49-6)32(51-20)42-17-36-23-28(34-16-35-29(23)42)39-30(45)19-11-9-8-10-12-19)53-54(47,40(3)4)50-15-21-24(44)26(48-5)31(52-21)41-14-13-22(37-18(2)43)38-33(41)46/h8-14,16-17,20-21,24-27,31-32,44H,7,15H2,1-6H3,(H,34,35,39,45)(H,37,38,43,46)/t20-,21-,24?,25?,26+,27+,31-,32-,54?/m1/s1. The van der Waals surface area contributed by atoms with Crippen molar-refractivity contribution in [3.63, 3.8) is 0 Å². The van der Waals surface area contributed by atoms with Gasteiger partial charge in [0.15, 0.2) is 29.4 Å². The zero-order valence-electron chi connectivity index (χ0n) is 30.3. The Morgan fingerprint density at radius 3 is 2.31 bits per heavy atom. The average Bonchev–Trinajstić information content (AvgIpc) is 3.83. The zero-order valence-corrected chi connectivity index (χ0v) is 31.2. The molecule has 3 aromatic heterocycles. The molecule has 2 aliphatic rings. The van der Waals surface area contributed by atoms with Gasteiger partial charge in [-0.05, 0) is 38.7 Å². The van der Waals surface area contributed by atoms with Crippen molar-refractivity contribution in [2.45, 2.75) is 69.3 Å². The molecule has 0 bridgehead atoms. The lowest BCUT2D eigenvalue weighted by Gasteiger charge is -2.31. The maximum absolute atomic E-state index is 14.4. The van der Waals surface area contributed by atoms with Crippen LogP contribution in [0.3, 0.4) is 0 Å². The largest absolute Gasteiger partial charge is 0.408 e. The van der Waals surface area contributed by atoms with E-state index in [0.29, 0.717) is 23.1 Å². The fraction of sp³-hybridized carbons (Fsp3) is 0.485. The van der Waals surface area contributed by atoms with Crippen LogP contribution in [0.1, 0.15) is 43.1 Å². The summed E-state index contributed by atoms with van der Waals surface area (Å²) < 4.78 is 54.4. The first-order valence-electron chi connectivity index (χ1n) is 16.9. The number of carbonyl (C=O) groups is 2. The van der Waals surface area contributed by atoms with Crippen LogP contribution in [0.5, 0.6) is 0 Å². The SMILES string of the molecule is CC[C@H]1O[C@@H](n2cnc3c(NC(=O)c4ccccc4)ncnc32)[C@@H](OC)C1OP(=O)(OC[C@H]1O[C@@H](n2ccc(NC(C)=O)nc2=O)[C@@H](OC)C1O)N(C)C. The van der Waals surface area contributed by atoms with Gasteiger partial charge >= 0.3 is 13.4 Å². The highest BCUT2D eigenvalue weighted by Gasteiger charge is 2.52. The van der Waals surface area contributed by atoms with E-state index in [-0.39, 0.29) is 17.5 Å². The van der Waals surface area contributed by atoms with Crippen molar-refractivity contribution in [3.8, 4) is 0 Å². The summed E-state index contributed by atoms with van der Waals surface area (Å²) in [4.78, 5) is 54.1. The van der Waals surface area contributed by atoms with E-state index < -0.39 is 75.0 Å². The van der Waals surface area contributed by atoms with E-state index in [9.17, 15) is 24.1 Å². The third kappa shape index (κ3) is 7.83. The zero-order chi connectivity index (χ0) is 38.7. The Hall–Kier alpha value is -4.50. The monoisotopic (exact) mass is 771 g/mol. The van der Waals surface area contributed by atoms with Crippen LogP contribution in [-0.2, 0) is 37.4 Å². The summed E-state index contributed by atoms with van der Waals surface area (Å²) in [6.45, 7) is 2.73. The van der Waals surface area contributed by atoms with Crippen LogP contribution in [-0.4, -0.2) is 122 Å². The number of methoxy groups -OCH3 is 2. The van der Waals surface area contributed by atoms with E-state index in [1.807, 2.05) is 13.0 Å². The summed E-state index contributed by atoms with van der Waals surface area (Å²) in [5.74, 6) is -0.534. The van der Waals surface area contributed by atoms with Gasteiger partial charge in [0.2, 0.25) is 5.91 Å². The molecule has 2 saturated heterocycles. The fourth-order valence-corrected chi connectivity index (χ4v) is 7.67. The van der Waals surface area contributed by atoms with E-state index in [2.05, 4.69) is 30.6 Å². The third-order valence-corrected chi connectivity index (χ3v) is 11.0. The number of aliphatic hydroxyl groups is 1. The quantitative estimate of drug-likeness (QED) is 0.156. The van der Waals surface area contributed by atoms with Crippen LogP contribution in [0.15, 0.2) is 60.0 Å². The number of carbonyl (C=O) groups excluding carboxylic acids is 2. The summed E-state index contributed by atoms with van der Waals surface area (Å²) in [6.07, 6.45) is -3.30. The summed E-state index contributed by atoms with van der Waals surface area (Å²) in [5.41, 5.74) is 0.331. The first kappa shape index (κ1) is 39.2. The molecule has 21 heteroatoms. The summed E-state index contributed by atoms with van der Waals surface area (Å²) in [5, 5.41) is 16.3. The van der Waals surface area contributed by atoms with Gasteiger partial charge in [0, 0.05) is 32.9 Å². The van der Waals surface area contributed by atoms with Gasteiger partial charge in [0.05, 0.1) is 19.0 Å². The van der Waals surface area contributed by atoms with Gasteiger partial charge in [-0.2, -0.15) is 4.98 Å². The topological polar surface area (TPSA) is 233 Å². The molecule has 3 unspecified atom stereocenters. The van der Waals surface area contributed by atoms with E-state index in [1.54, 1.807) is 28.8 Å². The molecule has 1 aromatic carbocycles. The number of anilines is 2. The molecule has 5 heterocycles. The molecule has 0 aliphatic carbocycles. The molecule has 9 atom stereocenters. The van der Waals surface area contributed by atoms with E-state index in [4.69, 9.17) is 28.0 Å². The minimum atomic E-state index is -4.15. The van der Waals surface area contributed by atoms with E-state index >= 15 is 0 Å². The molecule has 3 N–H and O–H groups in total. The Bertz CT molecular complexity index is 2070. The molecule has 290 valence electrons. The number of ether oxygens (including phenoxy) is 4. The van der Waals surface area contributed by atoms with E-state index in [1.165, 1.54) is 64.8 Å². The van der Waals surface area contributed by atoms with Crippen molar-refractivity contribution in [1.29, 1.82) is 0 Å². The normalized spacial score (nSPS) is 26.6. The molecule has 0 spiro atoms. The van der Waals surface area contributed by atoms with Gasteiger partial charge in [-0.3, -0.25) is 27.8 Å². The third-order valence-electron chi connectivity index (χ3n) is 9.00. The second-order valence-electron chi connectivity index (χ2n) is 12.7. The van der Waals surface area contributed by atoms with Gasteiger partial charge in [0.25, 0.3) is 5.91 Å². The van der Waals surface area contributed by atoms with Crippen molar-refractivity contribution >= 4 is 42.4 Å². The van der Waals surface area contributed by atoms with Gasteiger partial charge in [-0.25, -0.2) is 29.0 Å². The van der Waals surface area contributed by atoms with Gasteiger partial charge in [0.1, 0.15) is 42.7 Å². The maximum Gasteiger partial charge on any atom is 0.408 e. The molecule has 2 fully saturated rings. The maximum atomic E-state index is 14.4. The highest BCUT2D eigenvalue weighted by Crippen LogP contribution is 2.55. The number of nitrogens with one attached hydrogen (secondary N) is 2. The minimum absolute atomic E-state index is 0.0460. The van der Waals surface area contributed by atoms with Crippen molar-refractivity contribution in [3.05, 3.63) is 71.3 Å². The molecular formula is C33H42N9O11P. The predicted octanol–water partition coefficient (Wildman–Crippen LogP) is 1.96. The number of aromatic nitrogens is 6. The Balaban J connectivity index is 1.19. The number of hydrogen-bond donors (Lipinski definition) is 3. The second kappa shape index (κ2) is 16.5. The number of fused-ring (bicyclic) bond motifs is 1. The number of imidazole rings is 1. The molecule has 0 radical (unpaired) electrons. The molecule has 6 rings (SSSR count). The van der Waals surface area contributed by atoms with Crippen LogP contribution in [0.4, 0.5) is 11.6 Å². The smallest absolute Gasteiger partial charge is 0.387 e. The Kier molecular flexibility index (Phi) is 12.0. The molecule has 4 aromatic rings. The van der Waals surface area contributed by atoms with Gasteiger partial charge in [-0.1, -0.05) is 25.1 Å². The lowest BCUT2D eigenvalue weighted by atomic mass is 10.1. The number of nitrogens with zero attached hydrogens (tertiary/aromatic N) is 7. The average molecular weight is 772 g/mol. The first-order chi connectivity index (χ1) is 25.9. The van der Waals surface area contributed by atoms with Crippen LogP contribution >= 0.6 is 7.75 Å². The molecule has 54 heavy (non-hydrogen) atoms. The van der Waals surface area contributed by atoms with Gasteiger partial charge in [-0.15, -0.1) is 0 Å². The number of amides is 2. The number of rotatable bonds is 14. The van der Waals surface area contributed by atoms with Crippen molar-refractivity contribution < 1.29 is 47.3 Å². The number of benzene rings is 1. The summed E-state index contributed by atoms with van der Waals surface area (Å²) >= 11 is 0. The first-order valence-corrected chi connectivity index (χ1v) is 18.4. The predicted molar refractivity (Wildman–Crippen MR) is 190 cm³/mol. The number of aliphatic hydroxyl groups excluding tert-OH is 1. The molecule has 20 nitrogen and oxygen atoms in total. The van der Waals surface area contributed by atoms with Crippen LogP contribution < -0.4 is 16.3 Å². The Labute approximate surface area is 309 Å². The van der Waals surface area contributed by atoms with Crippen LogP contribution in [0.25, 0.3) is 11.2 Å². The summed E-state index contributed by atoms with van der Waals surface area (Å²) in [6, 6.07) is 10.1. The molecule has 2 aliphatic heterocycles. The van der Waals surface area contributed by atoms with Crippen molar-refractivity contribution in [2.75, 3.05) is 45.6 Å². The molecule has 2 amide bonds. The minimum Gasteiger partial charge on any atom is -0.387 e. The van der Waals surface area contributed by atoms with Crippen molar-refractivity contribution in [1.82, 2.24) is 33.7 Å². The highest BCUT2D eigenvalue weighted by atomic mass is 31.2. The van der Waals surface area contributed by atoms with Gasteiger partial charge < -0.3 is 34.7 Å². The van der Waals surface area contributed by atoms with Crippen LogP contribution in [0, 0.1) is 0 Å². The molecular weight excluding hydrogens is 729 g/mol. The second-order valence-corrected chi connectivity index (χ2v) is 14.9. The van der Waals surface area contributed by atoms with Crippen LogP contribution in [0.2, 0.25) is 0 Å². The Morgan fingerprint density at radius 1 is 0.963 bits per heavy atom. The lowest BCUT2D eigenvalue weighted by molar-refractivity contribution is -0.114. The summed E-state index contributed by atoms with van der Waals surface area (Å²) in [7, 11) is 1.67. The lowest BCUT2D eigenvalue weighted by Crippen LogP contribution is -2.38. The highest BCUT2D eigenvalue weighted by molar-refractivity contribution is 7.51. The van der Waals surface area contributed by atoms with Crippen molar-refractivity contribution in [2.24, 2.45) is 0 Å². The Morgan fingerprint density at radius 2 is 1.67 bits per heavy atom. The van der Waals surface area contributed by atoms with E-state index in [0.717, 1.165) is 4.57 Å².